The Morgan fingerprint density at radius 3 is 2.18 bits per heavy atom. The number of hydrogen-bond donors (Lipinski definition) is 1. The minimum absolute atomic E-state index is 0.219. The molecule has 1 aliphatic heterocycles. The molecule has 1 amide bonds. The van der Waals surface area contributed by atoms with E-state index in [0.29, 0.717) is 12.2 Å². The third kappa shape index (κ3) is 4.50. The van der Waals surface area contributed by atoms with Crippen molar-refractivity contribution in [1.82, 2.24) is 15.5 Å². The lowest BCUT2D eigenvalue weighted by molar-refractivity contribution is 0.0947. The highest BCUT2D eigenvalue weighted by Gasteiger charge is 2.23. The fourth-order valence-corrected chi connectivity index (χ4v) is 4.32. The number of hydrogen-bond acceptors (Lipinski definition) is 6. The predicted octanol–water partition coefficient (Wildman–Crippen LogP) is 3.90. The minimum Gasteiger partial charge on any atom is -0.497 e. The molecule has 0 radical (unpaired) electrons. The first-order valence-corrected chi connectivity index (χ1v) is 11.4. The summed E-state index contributed by atoms with van der Waals surface area (Å²) in [4.78, 5) is 17.5. The number of rotatable bonds is 6. The van der Waals surface area contributed by atoms with Crippen molar-refractivity contribution in [3.05, 3.63) is 90.1 Å². The first kappa shape index (κ1) is 21.7. The van der Waals surface area contributed by atoms with Gasteiger partial charge in [0.15, 0.2) is 11.5 Å². The van der Waals surface area contributed by atoms with E-state index >= 15 is 0 Å². The van der Waals surface area contributed by atoms with E-state index in [-0.39, 0.29) is 5.91 Å². The van der Waals surface area contributed by atoms with Gasteiger partial charge in [0.2, 0.25) is 0 Å². The molecular weight excluding hydrogens is 426 g/mol. The number of anilines is 2. The number of piperazine rings is 1. The summed E-state index contributed by atoms with van der Waals surface area (Å²) in [5, 5.41) is 13.6. The Morgan fingerprint density at radius 2 is 1.47 bits per heavy atom. The zero-order valence-corrected chi connectivity index (χ0v) is 19.1. The molecule has 7 nitrogen and oxygen atoms in total. The van der Waals surface area contributed by atoms with Crippen molar-refractivity contribution in [2.75, 3.05) is 43.1 Å². The van der Waals surface area contributed by atoms with E-state index < -0.39 is 0 Å². The number of fused-ring (bicyclic) bond motifs is 1. The largest absolute Gasteiger partial charge is 0.497 e. The Hall–Kier alpha value is -4.13. The van der Waals surface area contributed by atoms with E-state index in [2.05, 4.69) is 37.4 Å². The van der Waals surface area contributed by atoms with Crippen LogP contribution < -0.4 is 19.9 Å². The quantitative estimate of drug-likeness (QED) is 0.478. The molecule has 34 heavy (non-hydrogen) atoms. The van der Waals surface area contributed by atoms with E-state index in [1.165, 1.54) is 5.69 Å². The van der Waals surface area contributed by atoms with Gasteiger partial charge < -0.3 is 19.9 Å². The monoisotopic (exact) mass is 453 g/mol. The van der Waals surface area contributed by atoms with Crippen LogP contribution in [0.25, 0.3) is 10.8 Å². The summed E-state index contributed by atoms with van der Waals surface area (Å²) < 4.78 is 5.27. The van der Waals surface area contributed by atoms with Crippen LogP contribution in [0.15, 0.2) is 78.9 Å². The molecule has 0 unspecified atom stereocenters. The number of aromatic nitrogens is 2. The van der Waals surface area contributed by atoms with Gasteiger partial charge in [-0.1, -0.05) is 54.6 Å². The van der Waals surface area contributed by atoms with Gasteiger partial charge in [0.05, 0.1) is 7.11 Å². The molecule has 0 saturated carbocycles. The first-order chi connectivity index (χ1) is 16.7. The smallest absolute Gasteiger partial charge is 0.272 e. The van der Waals surface area contributed by atoms with Crippen LogP contribution in [0.1, 0.15) is 16.1 Å². The zero-order chi connectivity index (χ0) is 23.3. The fraction of sp³-hybridized carbons (Fsp3) is 0.222. The maximum atomic E-state index is 12.9. The van der Waals surface area contributed by atoms with Crippen LogP contribution in [0, 0.1) is 0 Å². The van der Waals surface area contributed by atoms with Crippen LogP contribution in [0.3, 0.4) is 0 Å². The number of methoxy groups -OCH3 is 1. The van der Waals surface area contributed by atoms with Crippen LogP contribution in [-0.2, 0) is 6.54 Å². The highest BCUT2D eigenvalue weighted by atomic mass is 16.5. The molecule has 1 aliphatic rings. The SMILES string of the molecule is COc1ccc(N2CCN(c3nnc(C(=O)NCc4ccccc4)c4ccccc34)CC2)cc1. The van der Waals surface area contributed by atoms with Gasteiger partial charge >= 0.3 is 0 Å². The van der Waals surface area contributed by atoms with E-state index in [0.717, 1.165) is 54.1 Å². The lowest BCUT2D eigenvalue weighted by Crippen LogP contribution is -2.47. The van der Waals surface area contributed by atoms with Gasteiger partial charge in [-0.25, -0.2) is 0 Å². The number of amides is 1. The van der Waals surface area contributed by atoms with Crippen LogP contribution in [0.4, 0.5) is 11.5 Å². The summed E-state index contributed by atoms with van der Waals surface area (Å²) in [6.45, 7) is 3.85. The molecule has 7 heteroatoms. The van der Waals surface area contributed by atoms with Crippen molar-refractivity contribution in [2.45, 2.75) is 6.54 Å². The lowest BCUT2D eigenvalue weighted by atomic mass is 10.1. The maximum absolute atomic E-state index is 12.9. The minimum atomic E-state index is -0.219. The van der Waals surface area contributed by atoms with Gasteiger partial charge in [-0.15, -0.1) is 10.2 Å². The third-order valence-electron chi connectivity index (χ3n) is 6.20. The second-order valence-electron chi connectivity index (χ2n) is 8.26. The van der Waals surface area contributed by atoms with Crippen LogP contribution in [-0.4, -0.2) is 49.4 Å². The van der Waals surface area contributed by atoms with Gasteiger partial charge in [-0.3, -0.25) is 4.79 Å². The van der Waals surface area contributed by atoms with Gasteiger partial charge in [-0.05, 0) is 29.8 Å². The highest BCUT2D eigenvalue weighted by Crippen LogP contribution is 2.28. The molecule has 0 bridgehead atoms. The number of carbonyl (C=O) groups is 1. The van der Waals surface area contributed by atoms with Gasteiger partial charge in [0.25, 0.3) is 5.91 Å². The third-order valence-corrected chi connectivity index (χ3v) is 6.20. The Kier molecular flexibility index (Phi) is 6.25. The Morgan fingerprint density at radius 1 is 0.824 bits per heavy atom. The number of nitrogens with one attached hydrogen (secondary N) is 1. The molecule has 0 spiro atoms. The molecule has 1 saturated heterocycles. The van der Waals surface area contributed by atoms with E-state index in [9.17, 15) is 4.79 Å². The topological polar surface area (TPSA) is 70.6 Å². The normalized spacial score (nSPS) is 13.7. The average Bonchev–Trinajstić information content (AvgIpc) is 2.92. The second-order valence-corrected chi connectivity index (χ2v) is 8.26. The lowest BCUT2D eigenvalue weighted by Gasteiger charge is -2.37. The Labute approximate surface area is 199 Å². The van der Waals surface area contributed by atoms with E-state index in [1.54, 1.807) is 7.11 Å². The van der Waals surface area contributed by atoms with Crippen molar-refractivity contribution in [3.8, 4) is 5.75 Å². The number of nitrogens with zero attached hydrogens (tertiary/aromatic N) is 4. The van der Waals surface area contributed by atoms with E-state index in [1.807, 2.05) is 66.7 Å². The summed E-state index contributed by atoms with van der Waals surface area (Å²) in [6.07, 6.45) is 0. The average molecular weight is 454 g/mol. The fourth-order valence-electron chi connectivity index (χ4n) is 4.32. The Balaban J connectivity index is 1.32. The summed E-state index contributed by atoms with van der Waals surface area (Å²) in [5.41, 5.74) is 2.58. The standard InChI is InChI=1S/C27H27N5O2/c1-34-22-13-11-21(12-14-22)31-15-17-32(18-16-31)26-24-10-6-5-9-23(24)25(29-30-26)27(33)28-19-20-7-3-2-4-8-20/h2-14H,15-19H2,1H3,(H,28,33). The molecule has 5 rings (SSSR count). The number of ether oxygens (including phenoxy) is 1. The van der Waals surface area contributed by atoms with Crippen molar-refractivity contribution < 1.29 is 9.53 Å². The number of carbonyl (C=O) groups excluding carboxylic acids is 1. The summed E-state index contributed by atoms with van der Waals surface area (Å²) in [5.74, 6) is 1.46. The highest BCUT2D eigenvalue weighted by molar-refractivity contribution is 6.07. The summed E-state index contributed by atoms with van der Waals surface area (Å²) >= 11 is 0. The molecule has 2 heterocycles. The van der Waals surface area contributed by atoms with Crippen molar-refractivity contribution in [1.29, 1.82) is 0 Å². The first-order valence-electron chi connectivity index (χ1n) is 11.4. The molecule has 172 valence electrons. The molecule has 4 aromatic rings. The molecule has 0 atom stereocenters. The van der Waals surface area contributed by atoms with Crippen molar-refractivity contribution >= 4 is 28.2 Å². The van der Waals surface area contributed by atoms with Crippen LogP contribution in [0.5, 0.6) is 5.75 Å². The number of benzene rings is 3. The van der Waals surface area contributed by atoms with Gasteiger partial charge in [0, 0.05) is 49.2 Å². The maximum Gasteiger partial charge on any atom is 0.272 e. The molecule has 1 N–H and O–H groups in total. The molecule has 0 aliphatic carbocycles. The summed E-state index contributed by atoms with van der Waals surface area (Å²) in [6, 6.07) is 25.9. The Bertz CT molecular complexity index is 1270. The molecular formula is C27H27N5O2. The zero-order valence-electron chi connectivity index (χ0n) is 19.1. The van der Waals surface area contributed by atoms with Crippen molar-refractivity contribution in [3.63, 3.8) is 0 Å². The predicted molar refractivity (Wildman–Crippen MR) is 135 cm³/mol. The van der Waals surface area contributed by atoms with E-state index in [4.69, 9.17) is 4.74 Å². The van der Waals surface area contributed by atoms with Gasteiger partial charge in [0.1, 0.15) is 5.75 Å². The van der Waals surface area contributed by atoms with Crippen molar-refractivity contribution in [2.24, 2.45) is 0 Å². The molecule has 3 aromatic carbocycles. The van der Waals surface area contributed by atoms with Crippen LogP contribution >= 0.6 is 0 Å². The van der Waals surface area contributed by atoms with Gasteiger partial charge in [-0.2, -0.15) is 0 Å². The molecule has 1 aromatic heterocycles. The molecule has 1 fully saturated rings. The summed E-state index contributed by atoms with van der Waals surface area (Å²) in [7, 11) is 1.68. The second kappa shape index (κ2) is 9.79. The van der Waals surface area contributed by atoms with Crippen LogP contribution in [0.2, 0.25) is 0 Å².